The van der Waals surface area contributed by atoms with Crippen LogP contribution in [0.25, 0.3) is 0 Å². The molecule has 0 aromatic heterocycles. The lowest BCUT2D eigenvalue weighted by Gasteiger charge is -2.25. The lowest BCUT2D eigenvalue weighted by atomic mass is 10.2. The largest absolute Gasteiger partial charge is 0.325 e. The fourth-order valence-corrected chi connectivity index (χ4v) is 4.28. The molecule has 6 heteroatoms. The average molecular weight is 246 g/mol. The zero-order chi connectivity index (χ0) is 11.8. The molecule has 0 aliphatic carbocycles. The third kappa shape index (κ3) is 2.08. The predicted octanol–water partition coefficient (Wildman–Crippen LogP) is -0.268. The highest BCUT2D eigenvalue weighted by atomic mass is 32.2. The molecule has 0 saturated carbocycles. The Labute approximate surface area is 96.1 Å². The second-order valence-electron chi connectivity index (χ2n) is 4.48. The minimum atomic E-state index is -2.95. The number of hydrogen-bond acceptors (Lipinski definition) is 4. The first-order valence-electron chi connectivity index (χ1n) is 5.79. The Morgan fingerprint density at radius 3 is 2.81 bits per heavy atom. The number of carbonyl (C=O) groups excluding carboxylic acids is 1. The maximum absolute atomic E-state index is 11.7. The van der Waals surface area contributed by atoms with Crippen LogP contribution in [0.4, 0.5) is 0 Å². The lowest BCUT2D eigenvalue weighted by molar-refractivity contribution is -0.128. The van der Waals surface area contributed by atoms with E-state index in [2.05, 4.69) is 5.32 Å². The van der Waals surface area contributed by atoms with Gasteiger partial charge in [0.15, 0.2) is 9.84 Å². The van der Waals surface area contributed by atoms with Crippen molar-refractivity contribution in [2.45, 2.75) is 37.6 Å². The van der Waals surface area contributed by atoms with Crippen LogP contribution in [0.1, 0.15) is 26.2 Å². The highest BCUT2D eigenvalue weighted by Crippen LogP contribution is 2.22. The molecule has 2 aliphatic rings. The molecule has 0 aromatic carbocycles. The van der Waals surface area contributed by atoms with E-state index >= 15 is 0 Å². The van der Waals surface area contributed by atoms with E-state index in [4.69, 9.17) is 0 Å². The van der Waals surface area contributed by atoms with Crippen LogP contribution in [0.3, 0.4) is 0 Å². The summed E-state index contributed by atoms with van der Waals surface area (Å²) in [6, 6.07) is 0. The Balaban J connectivity index is 2.06. The second kappa shape index (κ2) is 4.33. The van der Waals surface area contributed by atoms with E-state index in [0.717, 1.165) is 12.8 Å². The van der Waals surface area contributed by atoms with Crippen LogP contribution in [-0.4, -0.2) is 49.5 Å². The van der Waals surface area contributed by atoms with E-state index in [1.165, 1.54) is 0 Å². The summed E-state index contributed by atoms with van der Waals surface area (Å²) in [6.45, 7) is 2.70. The van der Waals surface area contributed by atoms with Gasteiger partial charge in [-0.05, 0) is 19.3 Å². The van der Waals surface area contributed by atoms with Crippen LogP contribution < -0.4 is 5.32 Å². The second-order valence-corrected chi connectivity index (χ2v) is 6.88. The van der Waals surface area contributed by atoms with Crippen molar-refractivity contribution in [2.24, 2.45) is 0 Å². The van der Waals surface area contributed by atoms with Gasteiger partial charge in [-0.25, -0.2) is 8.42 Å². The highest BCUT2D eigenvalue weighted by Gasteiger charge is 2.37. The number of amides is 1. The zero-order valence-electron chi connectivity index (χ0n) is 9.48. The van der Waals surface area contributed by atoms with Crippen molar-refractivity contribution in [2.75, 3.05) is 18.8 Å². The van der Waals surface area contributed by atoms with Crippen LogP contribution in [-0.2, 0) is 14.6 Å². The van der Waals surface area contributed by atoms with Crippen molar-refractivity contribution in [3.8, 4) is 0 Å². The minimum Gasteiger partial charge on any atom is -0.325 e. The first kappa shape index (κ1) is 11.9. The minimum absolute atomic E-state index is 0.0169. The first-order chi connectivity index (χ1) is 7.54. The van der Waals surface area contributed by atoms with Gasteiger partial charge in [0.25, 0.3) is 0 Å². The van der Waals surface area contributed by atoms with Crippen molar-refractivity contribution in [3.05, 3.63) is 0 Å². The van der Waals surface area contributed by atoms with Crippen LogP contribution in [0.2, 0.25) is 0 Å². The number of carbonyl (C=O) groups is 1. The van der Waals surface area contributed by atoms with Crippen molar-refractivity contribution in [1.29, 1.82) is 0 Å². The van der Waals surface area contributed by atoms with E-state index in [0.29, 0.717) is 19.5 Å². The van der Waals surface area contributed by atoms with Crippen LogP contribution in [0, 0.1) is 0 Å². The Kier molecular flexibility index (Phi) is 3.21. The summed E-state index contributed by atoms with van der Waals surface area (Å²) >= 11 is 0. The first-order valence-corrected chi connectivity index (χ1v) is 7.50. The number of hydrogen-bond donors (Lipinski definition) is 1. The van der Waals surface area contributed by atoms with E-state index in [9.17, 15) is 13.2 Å². The zero-order valence-corrected chi connectivity index (χ0v) is 10.3. The molecule has 2 atom stereocenters. The van der Waals surface area contributed by atoms with E-state index < -0.39 is 9.84 Å². The van der Waals surface area contributed by atoms with E-state index in [1.54, 1.807) is 4.90 Å². The smallest absolute Gasteiger partial charge is 0.237 e. The predicted molar refractivity (Wildman–Crippen MR) is 60.6 cm³/mol. The number of sulfone groups is 1. The summed E-state index contributed by atoms with van der Waals surface area (Å²) in [4.78, 5) is 13.3. The Morgan fingerprint density at radius 1 is 1.50 bits per heavy atom. The van der Waals surface area contributed by atoms with Crippen molar-refractivity contribution in [1.82, 2.24) is 10.2 Å². The molecule has 2 unspecified atom stereocenters. The molecule has 0 spiro atoms. The topological polar surface area (TPSA) is 66.5 Å². The summed E-state index contributed by atoms with van der Waals surface area (Å²) in [7, 11) is -2.95. The Hall–Kier alpha value is -0.620. The molecule has 1 amide bonds. The Bertz CT molecular complexity index is 380. The lowest BCUT2D eigenvalue weighted by Crippen LogP contribution is -2.42. The van der Waals surface area contributed by atoms with Crippen molar-refractivity contribution < 1.29 is 13.2 Å². The molecular weight excluding hydrogens is 228 g/mol. The molecule has 2 rings (SSSR count). The van der Waals surface area contributed by atoms with Gasteiger partial charge in [-0.1, -0.05) is 6.92 Å². The summed E-state index contributed by atoms with van der Waals surface area (Å²) < 4.78 is 23.4. The fraction of sp³-hybridized carbons (Fsp3) is 0.900. The molecule has 1 N–H and O–H groups in total. The maximum atomic E-state index is 11.7. The van der Waals surface area contributed by atoms with Crippen LogP contribution >= 0.6 is 0 Å². The third-order valence-corrected chi connectivity index (χ3v) is 5.69. The van der Waals surface area contributed by atoms with Gasteiger partial charge in [-0.15, -0.1) is 0 Å². The maximum Gasteiger partial charge on any atom is 0.237 e. The van der Waals surface area contributed by atoms with Gasteiger partial charge in [0.1, 0.15) is 0 Å². The molecule has 5 nitrogen and oxygen atoms in total. The fourth-order valence-electron chi connectivity index (χ4n) is 2.47. The van der Waals surface area contributed by atoms with Crippen molar-refractivity contribution in [3.63, 3.8) is 0 Å². The van der Waals surface area contributed by atoms with E-state index in [-0.39, 0.29) is 23.1 Å². The quantitative estimate of drug-likeness (QED) is 0.744. The summed E-state index contributed by atoms with van der Waals surface area (Å²) in [5.74, 6) is 0.304. The molecule has 2 heterocycles. The molecule has 2 saturated heterocycles. The van der Waals surface area contributed by atoms with Gasteiger partial charge in [-0.3, -0.25) is 10.1 Å². The molecule has 2 aliphatic heterocycles. The normalized spacial score (nSPS) is 33.6. The molecule has 0 radical (unpaired) electrons. The molecule has 16 heavy (non-hydrogen) atoms. The third-order valence-electron chi connectivity index (χ3n) is 3.44. The van der Waals surface area contributed by atoms with Gasteiger partial charge < -0.3 is 4.90 Å². The molecule has 92 valence electrons. The van der Waals surface area contributed by atoms with Gasteiger partial charge >= 0.3 is 0 Å². The van der Waals surface area contributed by atoms with Crippen LogP contribution in [0.15, 0.2) is 0 Å². The van der Waals surface area contributed by atoms with Gasteiger partial charge in [0.05, 0.1) is 23.7 Å². The number of rotatable bonds is 3. The summed E-state index contributed by atoms with van der Waals surface area (Å²) in [5.41, 5.74) is 0. The number of nitrogens with zero attached hydrogens (tertiary/aromatic N) is 1. The van der Waals surface area contributed by atoms with Gasteiger partial charge in [-0.2, -0.15) is 0 Å². The summed E-state index contributed by atoms with van der Waals surface area (Å²) in [5, 5.41) is 2.75. The molecule has 0 bridgehead atoms. The molecule has 2 fully saturated rings. The molecule has 0 aromatic rings. The number of nitrogens with one attached hydrogen (secondary N) is 1. The summed E-state index contributed by atoms with van der Waals surface area (Å²) in [6.07, 6.45) is 2.27. The van der Waals surface area contributed by atoms with Crippen molar-refractivity contribution >= 4 is 15.7 Å². The Morgan fingerprint density at radius 2 is 2.25 bits per heavy atom. The van der Waals surface area contributed by atoms with Crippen LogP contribution in [0.5, 0.6) is 0 Å². The van der Waals surface area contributed by atoms with Gasteiger partial charge in [0.2, 0.25) is 5.91 Å². The standard InChI is InChI=1S/C10H18N2O3S/c1-2-9-11-6-10(13)12(9)7-8-4-3-5-16(8,14)15/h8-9,11H,2-7H2,1H3. The van der Waals surface area contributed by atoms with E-state index in [1.807, 2.05) is 6.92 Å². The average Bonchev–Trinajstić information content (AvgIpc) is 2.73. The SMILES string of the molecule is CCC1NCC(=O)N1CC1CCCS1(=O)=O. The molecular formula is C10H18N2O3S. The monoisotopic (exact) mass is 246 g/mol. The van der Waals surface area contributed by atoms with Gasteiger partial charge in [0, 0.05) is 6.54 Å². The highest BCUT2D eigenvalue weighted by molar-refractivity contribution is 7.92.